The summed E-state index contributed by atoms with van der Waals surface area (Å²) in [5.74, 6) is -1.60. The molecule has 2 aromatic carbocycles. The second kappa shape index (κ2) is 8.27. The number of carboxylic acid groups (broad SMARTS) is 1. The van der Waals surface area contributed by atoms with Crippen LogP contribution in [0.15, 0.2) is 54.6 Å². The summed E-state index contributed by atoms with van der Waals surface area (Å²) in [6, 6.07) is 14.8. The lowest BCUT2D eigenvalue weighted by Crippen LogP contribution is -2.03. The summed E-state index contributed by atoms with van der Waals surface area (Å²) in [7, 11) is 1.25. The van der Waals surface area contributed by atoms with E-state index in [-0.39, 0.29) is 11.1 Å². The second-order valence-electron chi connectivity index (χ2n) is 3.91. The molecule has 0 atom stereocenters. The number of carbonyl (C=O) groups is 3. The van der Waals surface area contributed by atoms with Crippen molar-refractivity contribution in [3.8, 4) is 0 Å². The molecule has 0 fully saturated rings. The highest BCUT2D eigenvalue weighted by atomic mass is 16.5. The van der Waals surface area contributed by atoms with E-state index in [1.807, 2.05) is 18.2 Å². The molecule has 0 amide bonds. The van der Waals surface area contributed by atoms with Gasteiger partial charge in [-0.15, -0.1) is 0 Å². The van der Waals surface area contributed by atoms with Crippen molar-refractivity contribution in [1.82, 2.24) is 0 Å². The Morgan fingerprint density at radius 3 is 2.10 bits per heavy atom. The topological polar surface area (TPSA) is 80.7 Å². The Labute approximate surface area is 121 Å². The predicted octanol–water partition coefficient (Wildman–Crippen LogP) is 2.67. The van der Waals surface area contributed by atoms with Gasteiger partial charge in [-0.05, 0) is 18.2 Å². The van der Waals surface area contributed by atoms with Gasteiger partial charge in [-0.2, -0.15) is 0 Å². The first-order chi connectivity index (χ1) is 10.1. The highest BCUT2D eigenvalue weighted by molar-refractivity contribution is 5.94. The van der Waals surface area contributed by atoms with Gasteiger partial charge in [-0.3, -0.25) is 4.79 Å². The van der Waals surface area contributed by atoms with E-state index < -0.39 is 11.9 Å². The second-order valence-corrected chi connectivity index (χ2v) is 3.91. The molecule has 0 saturated carbocycles. The summed E-state index contributed by atoms with van der Waals surface area (Å²) >= 11 is 0. The third-order valence-electron chi connectivity index (χ3n) is 2.47. The summed E-state index contributed by atoms with van der Waals surface area (Å²) in [6.45, 7) is 0. The maximum absolute atomic E-state index is 11.0. The zero-order valence-electron chi connectivity index (χ0n) is 11.4. The number of hydrogen-bond donors (Lipinski definition) is 1. The van der Waals surface area contributed by atoms with Crippen LogP contribution in [0.2, 0.25) is 0 Å². The number of esters is 1. The summed E-state index contributed by atoms with van der Waals surface area (Å²) in [5, 5.41) is 8.61. The molecule has 5 heteroatoms. The van der Waals surface area contributed by atoms with E-state index in [1.165, 1.54) is 31.4 Å². The van der Waals surface area contributed by atoms with E-state index in [2.05, 4.69) is 4.74 Å². The molecule has 0 aliphatic carbocycles. The van der Waals surface area contributed by atoms with Crippen molar-refractivity contribution < 1.29 is 24.2 Å². The summed E-state index contributed by atoms with van der Waals surface area (Å²) in [5.41, 5.74) is 1.04. The van der Waals surface area contributed by atoms with Gasteiger partial charge in [0.2, 0.25) is 0 Å². The van der Waals surface area contributed by atoms with E-state index in [1.54, 1.807) is 12.1 Å². The lowest BCUT2D eigenvalue weighted by Gasteiger charge is -1.99. The predicted molar refractivity (Wildman–Crippen MR) is 76.6 cm³/mol. The minimum Gasteiger partial charge on any atom is -0.478 e. The zero-order chi connectivity index (χ0) is 15.7. The largest absolute Gasteiger partial charge is 0.478 e. The maximum Gasteiger partial charge on any atom is 0.337 e. The molecule has 0 aliphatic heterocycles. The van der Waals surface area contributed by atoms with Crippen LogP contribution in [0.4, 0.5) is 0 Å². The Balaban J connectivity index is 0.000000235. The van der Waals surface area contributed by atoms with Crippen LogP contribution in [0.3, 0.4) is 0 Å². The number of rotatable bonds is 3. The number of aldehydes is 1. The van der Waals surface area contributed by atoms with Gasteiger partial charge >= 0.3 is 11.9 Å². The van der Waals surface area contributed by atoms with Crippen molar-refractivity contribution in [2.75, 3.05) is 7.11 Å². The quantitative estimate of drug-likeness (QED) is 0.693. The van der Waals surface area contributed by atoms with Crippen LogP contribution >= 0.6 is 0 Å². The third kappa shape index (κ3) is 5.28. The van der Waals surface area contributed by atoms with Gasteiger partial charge in [-0.1, -0.05) is 36.4 Å². The summed E-state index contributed by atoms with van der Waals surface area (Å²) < 4.78 is 4.44. The van der Waals surface area contributed by atoms with Crippen molar-refractivity contribution in [3.63, 3.8) is 0 Å². The van der Waals surface area contributed by atoms with Gasteiger partial charge < -0.3 is 9.84 Å². The number of carboxylic acids is 1. The Kier molecular flexibility index (Phi) is 6.34. The number of methoxy groups -OCH3 is 1. The fourth-order valence-corrected chi connectivity index (χ4v) is 1.43. The van der Waals surface area contributed by atoms with Gasteiger partial charge in [-0.25, -0.2) is 9.59 Å². The van der Waals surface area contributed by atoms with Crippen LogP contribution in [0.25, 0.3) is 0 Å². The van der Waals surface area contributed by atoms with Crippen molar-refractivity contribution >= 4 is 18.2 Å². The number of hydrogen-bond acceptors (Lipinski definition) is 4. The minimum atomic E-state index is -1.06. The number of carbonyl (C=O) groups excluding carboxylic acids is 2. The minimum absolute atomic E-state index is 0.0721. The lowest BCUT2D eigenvalue weighted by atomic mass is 10.1. The van der Waals surface area contributed by atoms with E-state index in [0.717, 1.165) is 11.8 Å². The Morgan fingerprint density at radius 2 is 1.62 bits per heavy atom. The van der Waals surface area contributed by atoms with Crippen molar-refractivity contribution in [1.29, 1.82) is 0 Å². The summed E-state index contributed by atoms with van der Waals surface area (Å²) in [6.07, 6.45) is 0.833. The first-order valence-corrected chi connectivity index (χ1v) is 6.00. The standard InChI is InChI=1S/C9H8O4.C7H6O/c1-13-9(12)7-4-2-3-6(5-7)8(10)11;8-6-7-4-2-1-3-5-7/h2-5H,1H3,(H,10,11);1-6H. The number of ether oxygens (including phenoxy) is 1. The van der Waals surface area contributed by atoms with Crippen LogP contribution in [-0.2, 0) is 4.74 Å². The van der Waals surface area contributed by atoms with Gasteiger partial charge in [0.25, 0.3) is 0 Å². The molecular weight excluding hydrogens is 272 g/mol. The van der Waals surface area contributed by atoms with Crippen LogP contribution in [0.1, 0.15) is 31.1 Å². The SMILES string of the molecule is COC(=O)c1cccc(C(=O)O)c1.O=Cc1ccccc1. The van der Waals surface area contributed by atoms with E-state index in [9.17, 15) is 14.4 Å². The molecule has 1 N–H and O–H groups in total. The molecule has 0 spiro atoms. The van der Waals surface area contributed by atoms with Crippen molar-refractivity contribution in [3.05, 3.63) is 71.3 Å². The Morgan fingerprint density at radius 1 is 1.00 bits per heavy atom. The maximum atomic E-state index is 11.0. The molecule has 2 rings (SSSR count). The van der Waals surface area contributed by atoms with Crippen LogP contribution in [0.5, 0.6) is 0 Å². The molecule has 2 aromatic rings. The average Bonchev–Trinajstić information content (AvgIpc) is 2.55. The number of aromatic carboxylic acids is 1. The number of benzene rings is 2. The van der Waals surface area contributed by atoms with Crippen molar-refractivity contribution in [2.45, 2.75) is 0 Å². The molecule has 5 nitrogen and oxygen atoms in total. The van der Waals surface area contributed by atoms with Gasteiger partial charge in [0.15, 0.2) is 0 Å². The van der Waals surface area contributed by atoms with Crippen LogP contribution in [0, 0.1) is 0 Å². The third-order valence-corrected chi connectivity index (χ3v) is 2.47. The monoisotopic (exact) mass is 286 g/mol. The first-order valence-electron chi connectivity index (χ1n) is 6.00. The van der Waals surface area contributed by atoms with E-state index in [0.29, 0.717) is 0 Å². The molecule has 0 saturated heterocycles. The van der Waals surface area contributed by atoms with Crippen molar-refractivity contribution in [2.24, 2.45) is 0 Å². The Bertz CT molecular complexity index is 620. The van der Waals surface area contributed by atoms with Crippen LogP contribution in [-0.4, -0.2) is 30.4 Å². The molecule has 0 unspecified atom stereocenters. The van der Waals surface area contributed by atoms with Crippen LogP contribution < -0.4 is 0 Å². The molecule has 0 aliphatic rings. The zero-order valence-corrected chi connectivity index (χ0v) is 11.4. The van der Waals surface area contributed by atoms with E-state index >= 15 is 0 Å². The molecule has 0 heterocycles. The molecule has 0 bridgehead atoms. The molecule has 108 valence electrons. The highest BCUT2D eigenvalue weighted by Crippen LogP contribution is 2.06. The normalized spacial score (nSPS) is 9.00. The van der Waals surface area contributed by atoms with Gasteiger partial charge in [0.1, 0.15) is 6.29 Å². The average molecular weight is 286 g/mol. The van der Waals surface area contributed by atoms with Gasteiger partial charge in [0, 0.05) is 5.56 Å². The van der Waals surface area contributed by atoms with Gasteiger partial charge in [0.05, 0.1) is 18.2 Å². The smallest absolute Gasteiger partial charge is 0.337 e. The lowest BCUT2D eigenvalue weighted by molar-refractivity contribution is 0.0600. The summed E-state index contributed by atoms with van der Waals surface area (Å²) in [4.78, 5) is 31.5. The van der Waals surface area contributed by atoms with E-state index in [4.69, 9.17) is 5.11 Å². The Hall–Kier alpha value is -2.95. The molecular formula is C16H14O5. The fourth-order valence-electron chi connectivity index (χ4n) is 1.43. The first kappa shape index (κ1) is 16.1. The highest BCUT2D eigenvalue weighted by Gasteiger charge is 2.08. The molecule has 21 heavy (non-hydrogen) atoms. The fraction of sp³-hybridized carbons (Fsp3) is 0.0625. The molecule has 0 radical (unpaired) electrons. The molecule has 0 aromatic heterocycles.